The van der Waals surface area contributed by atoms with Crippen molar-refractivity contribution in [2.45, 2.75) is 26.8 Å². The van der Waals surface area contributed by atoms with Crippen molar-refractivity contribution < 1.29 is 4.79 Å². The van der Waals surface area contributed by atoms with Crippen LogP contribution in [-0.2, 0) is 6.54 Å². The maximum atomic E-state index is 12.7. The molecule has 7 heteroatoms. The Balaban J connectivity index is 1.57. The lowest BCUT2D eigenvalue weighted by molar-refractivity contribution is 0.103. The third kappa shape index (κ3) is 3.46. The highest BCUT2D eigenvalue weighted by Crippen LogP contribution is 2.27. The minimum atomic E-state index is -0.167. The predicted molar refractivity (Wildman–Crippen MR) is 108 cm³/mol. The Morgan fingerprint density at radius 2 is 2.04 bits per heavy atom. The van der Waals surface area contributed by atoms with Crippen LogP contribution in [0.15, 0.2) is 48.9 Å². The molecule has 4 aromatic rings. The van der Waals surface area contributed by atoms with Crippen LogP contribution in [0.2, 0.25) is 0 Å². The van der Waals surface area contributed by atoms with E-state index < -0.39 is 0 Å². The number of thiazole rings is 1. The molecule has 0 fully saturated rings. The van der Waals surface area contributed by atoms with Crippen LogP contribution in [0.4, 0.5) is 5.69 Å². The number of aryl methyl sites for hydroxylation is 2. The molecular formula is C20H19N5OS. The molecule has 3 aromatic heterocycles. The van der Waals surface area contributed by atoms with Gasteiger partial charge < -0.3 is 9.88 Å². The molecule has 136 valence electrons. The number of rotatable bonds is 5. The Kier molecular flexibility index (Phi) is 4.68. The van der Waals surface area contributed by atoms with E-state index in [-0.39, 0.29) is 5.91 Å². The zero-order chi connectivity index (χ0) is 18.8. The monoisotopic (exact) mass is 377 g/mol. The van der Waals surface area contributed by atoms with Gasteiger partial charge in [0.15, 0.2) is 10.8 Å². The third-order valence-corrected chi connectivity index (χ3v) is 5.41. The average molecular weight is 377 g/mol. The molecule has 0 radical (unpaired) electrons. The Labute approximate surface area is 160 Å². The van der Waals surface area contributed by atoms with Gasteiger partial charge in [-0.2, -0.15) is 0 Å². The fourth-order valence-corrected chi connectivity index (χ4v) is 3.92. The first-order chi connectivity index (χ1) is 13.2. The van der Waals surface area contributed by atoms with Crippen molar-refractivity contribution in [3.63, 3.8) is 0 Å². The molecule has 3 heterocycles. The van der Waals surface area contributed by atoms with E-state index in [9.17, 15) is 4.79 Å². The molecule has 0 unspecified atom stereocenters. The first kappa shape index (κ1) is 17.4. The number of anilines is 1. The number of hydrogen-bond donors (Lipinski definition) is 1. The second-order valence-electron chi connectivity index (χ2n) is 6.24. The molecule has 0 aliphatic rings. The molecular weight excluding hydrogens is 358 g/mol. The van der Waals surface area contributed by atoms with Crippen LogP contribution in [0.3, 0.4) is 0 Å². The highest BCUT2D eigenvalue weighted by molar-refractivity contribution is 7.17. The molecule has 0 bridgehead atoms. The number of nitrogens with zero attached hydrogens (tertiary/aromatic N) is 4. The molecule has 1 amide bonds. The number of amides is 1. The van der Waals surface area contributed by atoms with Gasteiger partial charge in [0.05, 0.1) is 5.69 Å². The SMILES string of the molecule is CCCn1ccc2cc(NC(=O)c3sc(-c4ncccn4)nc3C)ccc21. The average Bonchev–Trinajstić information content (AvgIpc) is 3.26. The normalized spacial score (nSPS) is 11.0. The molecule has 4 rings (SSSR count). The van der Waals surface area contributed by atoms with Crippen molar-refractivity contribution in [1.29, 1.82) is 0 Å². The van der Waals surface area contributed by atoms with Gasteiger partial charge in [0.1, 0.15) is 4.88 Å². The Morgan fingerprint density at radius 3 is 2.81 bits per heavy atom. The van der Waals surface area contributed by atoms with Crippen LogP contribution < -0.4 is 5.32 Å². The van der Waals surface area contributed by atoms with Gasteiger partial charge >= 0.3 is 0 Å². The fourth-order valence-electron chi connectivity index (χ4n) is 3.01. The number of benzene rings is 1. The third-order valence-electron chi connectivity index (χ3n) is 4.25. The van der Waals surface area contributed by atoms with Crippen LogP contribution in [0.1, 0.15) is 28.7 Å². The van der Waals surface area contributed by atoms with Crippen molar-refractivity contribution in [2.24, 2.45) is 0 Å². The largest absolute Gasteiger partial charge is 0.347 e. The van der Waals surface area contributed by atoms with Gasteiger partial charge in [0, 0.05) is 41.7 Å². The highest BCUT2D eigenvalue weighted by Gasteiger charge is 2.17. The lowest BCUT2D eigenvalue weighted by Gasteiger charge is -2.06. The van der Waals surface area contributed by atoms with Gasteiger partial charge in [-0.1, -0.05) is 6.92 Å². The van der Waals surface area contributed by atoms with Crippen molar-refractivity contribution in [1.82, 2.24) is 19.5 Å². The number of aromatic nitrogens is 4. The van der Waals surface area contributed by atoms with Crippen LogP contribution in [0.5, 0.6) is 0 Å². The molecule has 0 atom stereocenters. The summed E-state index contributed by atoms with van der Waals surface area (Å²) >= 11 is 1.30. The molecule has 0 saturated heterocycles. The predicted octanol–water partition coefficient (Wildman–Crippen LogP) is 4.53. The van der Waals surface area contributed by atoms with Gasteiger partial charge in [0.2, 0.25) is 0 Å². The van der Waals surface area contributed by atoms with Gasteiger partial charge in [-0.3, -0.25) is 4.79 Å². The zero-order valence-corrected chi connectivity index (χ0v) is 16.0. The zero-order valence-electron chi connectivity index (χ0n) is 15.1. The number of hydrogen-bond acceptors (Lipinski definition) is 5. The number of carbonyl (C=O) groups is 1. The fraction of sp³-hybridized carbons (Fsp3) is 0.200. The van der Waals surface area contributed by atoms with E-state index >= 15 is 0 Å². The minimum absolute atomic E-state index is 0.167. The van der Waals surface area contributed by atoms with Gasteiger partial charge in [0.25, 0.3) is 5.91 Å². The van der Waals surface area contributed by atoms with Crippen LogP contribution in [0, 0.1) is 6.92 Å². The molecule has 0 spiro atoms. The van der Waals surface area contributed by atoms with Crippen LogP contribution >= 0.6 is 11.3 Å². The van der Waals surface area contributed by atoms with Gasteiger partial charge in [-0.05, 0) is 43.7 Å². The molecule has 0 aliphatic carbocycles. The topological polar surface area (TPSA) is 72.7 Å². The van der Waals surface area contributed by atoms with E-state index in [4.69, 9.17) is 0 Å². The van der Waals surface area contributed by atoms with Crippen molar-refractivity contribution in [2.75, 3.05) is 5.32 Å². The van der Waals surface area contributed by atoms with E-state index in [0.29, 0.717) is 21.4 Å². The number of nitrogens with one attached hydrogen (secondary N) is 1. The Bertz CT molecular complexity index is 1100. The van der Waals surface area contributed by atoms with Gasteiger partial charge in [-0.15, -0.1) is 11.3 Å². The molecule has 6 nitrogen and oxygen atoms in total. The summed E-state index contributed by atoms with van der Waals surface area (Å²) in [6, 6.07) is 9.80. The molecule has 27 heavy (non-hydrogen) atoms. The Morgan fingerprint density at radius 1 is 1.22 bits per heavy atom. The Hall–Kier alpha value is -3.06. The summed E-state index contributed by atoms with van der Waals surface area (Å²) in [7, 11) is 0. The maximum absolute atomic E-state index is 12.7. The molecule has 1 aromatic carbocycles. The van der Waals surface area contributed by atoms with Crippen LogP contribution in [0.25, 0.3) is 21.7 Å². The summed E-state index contributed by atoms with van der Waals surface area (Å²) in [5.41, 5.74) is 2.62. The summed E-state index contributed by atoms with van der Waals surface area (Å²) in [6.07, 6.45) is 6.50. The summed E-state index contributed by atoms with van der Waals surface area (Å²) in [5, 5.41) is 4.73. The first-order valence-electron chi connectivity index (χ1n) is 8.81. The summed E-state index contributed by atoms with van der Waals surface area (Å²) in [6.45, 7) is 4.97. The quantitative estimate of drug-likeness (QED) is 0.555. The number of carbonyl (C=O) groups excluding carboxylic acids is 1. The van der Waals surface area contributed by atoms with E-state index in [2.05, 4.69) is 44.0 Å². The second-order valence-corrected chi connectivity index (χ2v) is 7.24. The van der Waals surface area contributed by atoms with Gasteiger partial charge in [-0.25, -0.2) is 15.0 Å². The van der Waals surface area contributed by atoms with Crippen molar-refractivity contribution in [3.05, 3.63) is 59.5 Å². The maximum Gasteiger partial charge on any atom is 0.267 e. The molecule has 1 N–H and O–H groups in total. The van der Waals surface area contributed by atoms with Crippen molar-refractivity contribution >= 4 is 33.8 Å². The summed E-state index contributed by atoms with van der Waals surface area (Å²) in [4.78, 5) is 26.2. The summed E-state index contributed by atoms with van der Waals surface area (Å²) < 4.78 is 2.22. The lowest BCUT2D eigenvalue weighted by atomic mass is 10.2. The van der Waals surface area contributed by atoms with E-state index in [1.165, 1.54) is 16.9 Å². The van der Waals surface area contributed by atoms with Crippen molar-refractivity contribution in [3.8, 4) is 10.8 Å². The standard InChI is InChI=1S/C20H19N5OS/c1-3-10-25-11-7-14-12-15(5-6-16(14)25)24-19(26)17-13(2)23-20(27-17)18-21-8-4-9-22-18/h4-9,11-12H,3,10H2,1-2H3,(H,24,26). The number of fused-ring (bicyclic) bond motifs is 1. The smallest absolute Gasteiger partial charge is 0.267 e. The lowest BCUT2D eigenvalue weighted by Crippen LogP contribution is -2.11. The van der Waals surface area contributed by atoms with E-state index in [1.54, 1.807) is 18.5 Å². The van der Waals surface area contributed by atoms with Crippen LogP contribution in [-0.4, -0.2) is 25.4 Å². The molecule has 0 saturated carbocycles. The first-order valence-corrected chi connectivity index (χ1v) is 9.62. The summed E-state index contributed by atoms with van der Waals surface area (Å²) in [5.74, 6) is 0.364. The van der Waals surface area contributed by atoms with E-state index in [1.807, 2.05) is 25.1 Å². The van der Waals surface area contributed by atoms with E-state index in [0.717, 1.165) is 24.0 Å². The minimum Gasteiger partial charge on any atom is -0.347 e. The second kappa shape index (κ2) is 7.28. The highest BCUT2D eigenvalue weighted by atomic mass is 32.1. The molecule has 0 aliphatic heterocycles.